The number of aryl methyl sites for hydroxylation is 1. The minimum atomic E-state index is -1.04. The van der Waals surface area contributed by atoms with Gasteiger partial charge in [0.1, 0.15) is 5.82 Å². The number of aromatic amines is 1. The summed E-state index contributed by atoms with van der Waals surface area (Å²) < 4.78 is 0. The van der Waals surface area contributed by atoms with Gasteiger partial charge in [-0.25, -0.2) is 4.98 Å². The number of carboxylic acids is 1. The van der Waals surface area contributed by atoms with E-state index in [2.05, 4.69) is 9.97 Å². The molecule has 0 spiro atoms. The summed E-state index contributed by atoms with van der Waals surface area (Å²) in [6, 6.07) is 14.0. The Hall–Kier alpha value is -2.95. The lowest BCUT2D eigenvalue weighted by Gasteiger charge is -2.08. The number of carbonyl (C=O) groups is 1. The van der Waals surface area contributed by atoms with Crippen LogP contribution in [0, 0.1) is 6.92 Å². The lowest BCUT2D eigenvalue weighted by molar-refractivity contribution is -0.136. The average Bonchev–Trinajstić information content (AvgIpc) is 2.51. The molecule has 0 aliphatic heterocycles. The van der Waals surface area contributed by atoms with E-state index in [0.717, 1.165) is 16.3 Å². The number of H-pyrrole nitrogens is 1. The SMILES string of the molecule is Cc1nc(Cc2cccc3ccccc23)[nH]c(=O)c1CC(=O)O. The Balaban J connectivity index is 2.00. The number of hydrogen-bond donors (Lipinski definition) is 2. The van der Waals surface area contributed by atoms with Crippen LogP contribution in [0.25, 0.3) is 10.8 Å². The van der Waals surface area contributed by atoms with Crippen molar-refractivity contribution in [1.82, 2.24) is 9.97 Å². The van der Waals surface area contributed by atoms with Crippen LogP contribution >= 0.6 is 0 Å². The fraction of sp³-hybridized carbons (Fsp3) is 0.167. The predicted molar refractivity (Wildman–Crippen MR) is 87.7 cm³/mol. The summed E-state index contributed by atoms with van der Waals surface area (Å²) in [4.78, 5) is 30.0. The molecular formula is C18H16N2O3. The number of fused-ring (bicyclic) bond motifs is 1. The molecule has 23 heavy (non-hydrogen) atoms. The largest absolute Gasteiger partial charge is 0.481 e. The molecule has 5 heteroatoms. The molecule has 0 fully saturated rings. The number of carboxylic acid groups (broad SMARTS) is 1. The van der Waals surface area contributed by atoms with Gasteiger partial charge in [-0.1, -0.05) is 42.5 Å². The summed E-state index contributed by atoms with van der Waals surface area (Å²) in [6.07, 6.45) is 0.174. The molecular weight excluding hydrogens is 292 g/mol. The van der Waals surface area contributed by atoms with Gasteiger partial charge in [-0.3, -0.25) is 9.59 Å². The normalized spacial score (nSPS) is 10.8. The van der Waals surface area contributed by atoms with Crippen molar-refractivity contribution in [3.8, 4) is 0 Å². The fourth-order valence-electron chi connectivity index (χ4n) is 2.74. The smallest absolute Gasteiger partial charge is 0.308 e. The molecule has 0 unspecified atom stereocenters. The molecule has 0 amide bonds. The van der Waals surface area contributed by atoms with Gasteiger partial charge in [-0.2, -0.15) is 0 Å². The van der Waals surface area contributed by atoms with Gasteiger partial charge in [0.25, 0.3) is 5.56 Å². The number of aromatic nitrogens is 2. The number of nitrogens with zero attached hydrogens (tertiary/aromatic N) is 1. The second-order valence-electron chi connectivity index (χ2n) is 5.46. The highest BCUT2D eigenvalue weighted by Gasteiger charge is 2.12. The predicted octanol–water partition coefficient (Wildman–Crippen LogP) is 2.45. The van der Waals surface area contributed by atoms with Crippen molar-refractivity contribution in [3.05, 3.63) is 75.5 Å². The van der Waals surface area contributed by atoms with Crippen molar-refractivity contribution < 1.29 is 9.90 Å². The molecule has 0 bridgehead atoms. The Bertz CT molecular complexity index is 939. The highest BCUT2D eigenvalue weighted by Crippen LogP contribution is 2.20. The molecule has 0 radical (unpaired) electrons. The van der Waals surface area contributed by atoms with Crippen molar-refractivity contribution in [3.63, 3.8) is 0 Å². The Labute approximate surface area is 132 Å². The third kappa shape index (κ3) is 3.13. The van der Waals surface area contributed by atoms with E-state index in [1.165, 1.54) is 0 Å². The molecule has 1 heterocycles. The summed E-state index contributed by atoms with van der Waals surface area (Å²) >= 11 is 0. The lowest BCUT2D eigenvalue weighted by Crippen LogP contribution is -2.21. The first-order chi connectivity index (χ1) is 11.0. The molecule has 3 aromatic rings. The highest BCUT2D eigenvalue weighted by atomic mass is 16.4. The zero-order valence-corrected chi connectivity index (χ0v) is 12.7. The van der Waals surface area contributed by atoms with Gasteiger partial charge in [-0.05, 0) is 23.3 Å². The van der Waals surface area contributed by atoms with Crippen LogP contribution in [0.4, 0.5) is 0 Å². The van der Waals surface area contributed by atoms with Gasteiger partial charge in [0.2, 0.25) is 0 Å². The van der Waals surface area contributed by atoms with Crippen LogP contribution in [0.1, 0.15) is 22.6 Å². The monoisotopic (exact) mass is 308 g/mol. The zero-order chi connectivity index (χ0) is 16.4. The molecule has 2 aromatic carbocycles. The maximum absolute atomic E-state index is 12.1. The summed E-state index contributed by atoms with van der Waals surface area (Å²) in [5.41, 5.74) is 1.36. The Morgan fingerprint density at radius 3 is 2.65 bits per heavy atom. The van der Waals surface area contributed by atoms with Gasteiger partial charge < -0.3 is 10.1 Å². The molecule has 0 aliphatic rings. The first-order valence-corrected chi connectivity index (χ1v) is 7.31. The van der Waals surface area contributed by atoms with E-state index in [1.54, 1.807) is 6.92 Å². The quantitative estimate of drug-likeness (QED) is 0.775. The number of hydrogen-bond acceptors (Lipinski definition) is 3. The standard InChI is InChI=1S/C18H16N2O3/c1-11-15(10-17(21)22)18(23)20-16(19-11)9-13-7-4-6-12-5-2-3-8-14(12)13/h2-8H,9-10H2,1H3,(H,21,22)(H,19,20,23). The van der Waals surface area contributed by atoms with Crippen molar-refractivity contribution in [1.29, 1.82) is 0 Å². The van der Waals surface area contributed by atoms with Crippen LogP contribution in [-0.4, -0.2) is 21.0 Å². The second-order valence-corrected chi connectivity index (χ2v) is 5.46. The van der Waals surface area contributed by atoms with Crippen LogP contribution in [0.5, 0.6) is 0 Å². The van der Waals surface area contributed by atoms with Gasteiger partial charge in [0, 0.05) is 17.7 Å². The summed E-state index contributed by atoms with van der Waals surface area (Å²) in [7, 11) is 0. The van der Waals surface area contributed by atoms with E-state index >= 15 is 0 Å². The van der Waals surface area contributed by atoms with E-state index in [-0.39, 0.29) is 17.5 Å². The minimum absolute atomic E-state index is 0.208. The Kier molecular flexibility index (Phi) is 3.93. The van der Waals surface area contributed by atoms with Crippen molar-refractivity contribution in [2.24, 2.45) is 0 Å². The van der Waals surface area contributed by atoms with E-state index in [9.17, 15) is 9.59 Å². The van der Waals surface area contributed by atoms with Crippen LogP contribution in [-0.2, 0) is 17.6 Å². The zero-order valence-electron chi connectivity index (χ0n) is 12.7. The van der Waals surface area contributed by atoms with E-state index in [4.69, 9.17) is 5.11 Å². The van der Waals surface area contributed by atoms with Gasteiger partial charge in [-0.15, -0.1) is 0 Å². The van der Waals surface area contributed by atoms with Crippen molar-refractivity contribution in [2.75, 3.05) is 0 Å². The van der Waals surface area contributed by atoms with Crippen LogP contribution < -0.4 is 5.56 Å². The van der Waals surface area contributed by atoms with Gasteiger partial charge >= 0.3 is 5.97 Å². The molecule has 0 aliphatic carbocycles. The Morgan fingerprint density at radius 1 is 1.17 bits per heavy atom. The topological polar surface area (TPSA) is 83.0 Å². The molecule has 116 valence electrons. The molecule has 0 atom stereocenters. The minimum Gasteiger partial charge on any atom is -0.481 e. The third-order valence-corrected chi connectivity index (χ3v) is 3.84. The average molecular weight is 308 g/mol. The fourth-order valence-corrected chi connectivity index (χ4v) is 2.74. The lowest BCUT2D eigenvalue weighted by atomic mass is 10.0. The maximum atomic E-state index is 12.1. The Morgan fingerprint density at radius 2 is 1.91 bits per heavy atom. The van der Waals surface area contributed by atoms with Gasteiger partial charge in [0.15, 0.2) is 0 Å². The third-order valence-electron chi connectivity index (χ3n) is 3.84. The molecule has 5 nitrogen and oxygen atoms in total. The van der Waals surface area contributed by atoms with Crippen molar-refractivity contribution >= 4 is 16.7 Å². The summed E-state index contributed by atoms with van der Waals surface area (Å²) in [6.45, 7) is 1.67. The number of rotatable bonds is 4. The first-order valence-electron chi connectivity index (χ1n) is 7.31. The molecule has 3 rings (SSSR count). The summed E-state index contributed by atoms with van der Waals surface area (Å²) in [5, 5.41) is 11.1. The van der Waals surface area contributed by atoms with E-state index in [0.29, 0.717) is 17.9 Å². The number of nitrogens with one attached hydrogen (secondary N) is 1. The van der Waals surface area contributed by atoms with Crippen LogP contribution in [0.15, 0.2) is 47.3 Å². The summed E-state index contributed by atoms with van der Waals surface area (Å²) in [5.74, 6) is -0.500. The molecule has 0 saturated carbocycles. The van der Waals surface area contributed by atoms with Crippen LogP contribution in [0.3, 0.4) is 0 Å². The van der Waals surface area contributed by atoms with E-state index < -0.39 is 5.97 Å². The van der Waals surface area contributed by atoms with Crippen LogP contribution in [0.2, 0.25) is 0 Å². The van der Waals surface area contributed by atoms with Gasteiger partial charge in [0.05, 0.1) is 6.42 Å². The van der Waals surface area contributed by atoms with E-state index in [1.807, 2.05) is 42.5 Å². The first kappa shape index (κ1) is 15.0. The number of benzene rings is 2. The molecule has 0 saturated heterocycles. The maximum Gasteiger partial charge on any atom is 0.308 e. The van der Waals surface area contributed by atoms with Crippen molar-refractivity contribution in [2.45, 2.75) is 19.8 Å². The molecule has 1 aromatic heterocycles. The second kappa shape index (κ2) is 6.04. The number of aliphatic carboxylic acids is 1. The highest BCUT2D eigenvalue weighted by molar-refractivity contribution is 5.85. The molecule has 2 N–H and O–H groups in total.